The van der Waals surface area contributed by atoms with Crippen molar-refractivity contribution in [1.82, 2.24) is 5.43 Å². The predicted octanol–water partition coefficient (Wildman–Crippen LogP) is 4.01. The number of para-hydroxylation sites is 1. The predicted molar refractivity (Wildman–Crippen MR) is 101 cm³/mol. The van der Waals surface area contributed by atoms with E-state index in [1.54, 1.807) is 13.3 Å². The van der Waals surface area contributed by atoms with Crippen LogP contribution in [0, 0.1) is 0 Å². The van der Waals surface area contributed by atoms with Crippen molar-refractivity contribution in [2.45, 2.75) is 26.8 Å². The standard InChI is InChI=1S/C20H26N2O3/c1-4-12-25-19-11-10-16(13-20(19)24-5-2)14-21-22-15-17-8-6-7-9-18(17)23-3/h6-11,13-14,22H,4-5,12,15H2,1-3H3/b21-14-. The summed E-state index contributed by atoms with van der Waals surface area (Å²) in [5, 5.41) is 4.28. The molecule has 25 heavy (non-hydrogen) atoms. The quantitative estimate of drug-likeness (QED) is 0.524. The molecule has 0 saturated carbocycles. The van der Waals surface area contributed by atoms with Gasteiger partial charge in [0.05, 0.1) is 33.1 Å². The van der Waals surface area contributed by atoms with Gasteiger partial charge in [-0.05, 0) is 43.2 Å². The summed E-state index contributed by atoms with van der Waals surface area (Å²) >= 11 is 0. The van der Waals surface area contributed by atoms with Crippen molar-refractivity contribution < 1.29 is 14.2 Å². The smallest absolute Gasteiger partial charge is 0.161 e. The van der Waals surface area contributed by atoms with Crippen molar-refractivity contribution in [2.24, 2.45) is 5.10 Å². The van der Waals surface area contributed by atoms with Crippen LogP contribution in [0.4, 0.5) is 0 Å². The molecule has 0 heterocycles. The third-order valence-electron chi connectivity index (χ3n) is 3.50. The van der Waals surface area contributed by atoms with E-state index in [2.05, 4.69) is 17.5 Å². The normalized spacial score (nSPS) is 10.7. The van der Waals surface area contributed by atoms with Gasteiger partial charge in [0, 0.05) is 5.56 Å². The largest absolute Gasteiger partial charge is 0.496 e. The lowest BCUT2D eigenvalue weighted by Gasteiger charge is -2.12. The Balaban J connectivity index is 1.99. The number of hydrazone groups is 1. The summed E-state index contributed by atoms with van der Waals surface area (Å²) in [6.45, 7) is 5.90. The van der Waals surface area contributed by atoms with E-state index in [9.17, 15) is 0 Å². The van der Waals surface area contributed by atoms with Crippen molar-refractivity contribution in [3.63, 3.8) is 0 Å². The van der Waals surface area contributed by atoms with E-state index in [1.165, 1.54) is 0 Å². The van der Waals surface area contributed by atoms with Gasteiger partial charge in [-0.15, -0.1) is 0 Å². The minimum Gasteiger partial charge on any atom is -0.496 e. The maximum Gasteiger partial charge on any atom is 0.161 e. The highest BCUT2D eigenvalue weighted by Gasteiger charge is 2.05. The summed E-state index contributed by atoms with van der Waals surface area (Å²) in [6.07, 6.45) is 2.73. The zero-order chi connectivity index (χ0) is 17.9. The molecule has 0 spiro atoms. The molecular formula is C20H26N2O3. The molecule has 0 aromatic heterocycles. The van der Waals surface area contributed by atoms with Crippen molar-refractivity contribution in [2.75, 3.05) is 20.3 Å². The van der Waals surface area contributed by atoms with Gasteiger partial charge >= 0.3 is 0 Å². The lowest BCUT2D eigenvalue weighted by atomic mass is 10.2. The first-order valence-electron chi connectivity index (χ1n) is 8.56. The summed E-state index contributed by atoms with van der Waals surface area (Å²) in [7, 11) is 1.67. The number of nitrogens with one attached hydrogen (secondary N) is 1. The second-order valence-electron chi connectivity index (χ2n) is 5.39. The van der Waals surface area contributed by atoms with Gasteiger partial charge in [0.2, 0.25) is 0 Å². The topological polar surface area (TPSA) is 52.1 Å². The van der Waals surface area contributed by atoms with Crippen LogP contribution in [0.2, 0.25) is 0 Å². The zero-order valence-corrected chi connectivity index (χ0v) is 15.1. The van der Waals surface area contributed by atoms with Crippen LogP contribution in [-0.4, -0.2) is 26.5 Å². The molecule has 0 amide bonds. The van der Waals surface area contributed by atoms with Crippen molar-refractivity contribution in [3.05, 3.63) is 53.6 Å². The molecule has 5 heteroatoms. The maximum atomic E-state index is 5.70. The van der Waals surface area contributed by atoms with E-state index < -0.39 is 0 Å². The molecule has 2 rings (SSSR count). The van der Waals surface area contributed by atoms with Gasteiger partial charge in [0.15, 0.2) is 11.5 Å². The van der Waals surface area contributed by atoms with E-state index in [-0.39, 0.29) is 0 Å². The van der Waals surface area contributed by atoms with Gasteiger partial charge in [-0.1, -0.05) is 25.1 Å². The zero-order valence-electron chi connectivity index (χ0n) is 15.1. The lowest BCUT2D eigenvalue weighted by molar-refractivity contribution is 0.277. The van der Waals surface area contributed by atoms with Gasteiger partial charge in [0.25, 0.3) is 0 Å². The second-order valence-corrected chi connectivity index (χ2v) is 5.39. The molecule has 2 aromatic rings. The Labute approximate surface area is 149 Å². The van der Waals surface area contributed by atoms with Gasteiger partial charge in [0.1, 0.15) is 5.75 Å². The van der Waals surface area contributed by atoms with Crippen LogP contribution in [0.5, 0.6) is 17.2 Å². The summed E-state index contributed by atoms with van der Waals surface area (Å²) in [5.41, 5.74) is 5.04. The average molecular weight is 342 g/mol. The number of methoxy groups -OCH3 is 1. The van der Waals surface area contributed by atoms with E-state index in [0.29, 0.717) is 19.8 Å². The van der Waals surface area contributed by atoms with Crippen molar-refractivity contribution in [3.8, 4) is 17.2 Å². The molecule has 0 aliphatic heterocycles. The number of rotatable bonds is 10. The summed E-state index contributed by atoms with van der Waals surface area (Å²) in [4.78, 5) is 0. The Hall–Kier alpha value is -2.69. The number of ether oxygens (including phenoxy) is 3. The summed E-state index contributed by atoms with van der Waals surface area (Å²) < 4.78 is 16.7. The monoisotopic (exact) mass is 342 g/mol. The van der Waals surface area contributed by atoms with Gasteiger partial charge in [-0.2, -0.15) is 5.10 Å². The molecule has 1 N–H and O–H groups in total. The van der Waals surface area contributed by atoms with Crippen LogP contribution < -0.4 is 19.6 Å². The Morgan fingerprint density at radius 2 is 1.84 bits per heavy atom. The Bertz CT molecular complexity index is 686. The van der Waals surface area contributed by atoms with Gasteiger partial charge < -0.3 is 19.6 Å². The number of nitrogens with zero attached hydrogens (tertiary/aromatic N) is 1. The molecule has 0 fully saturated rings. The maximum absolute atomic E-state index is 5.70. The molecule has 134 valence electrons. The third-order valence-corrected chi connectivity index (χ3v) is 3.50. The van der Waals surface area contributed by atoms with Crippen LogP contribution in [0.25, 0.3) is 0 Å². The molecule has 5 nitrogen and oxygen atoms in total. The van der Waals surface area contributed by atoms with Gasteiger partial charge in [-0.25, -0.2) is 0 Å². The van der Waals surface area contributed by atoms with E-state index in [1.807, 2.05) is 49.4 Å². The lowest BCUT2D eigenvalue weighted by Crippen LogP contribution is -2.07. The number of hydrogen-bond acceptors (Lipinski definition) is 5. The first-order chi connectivity index (χ1) is 12.3. The summed E-state index contributed by atoms with van der Waals surface area (Å²) in [5.74, 6) is 2.36. The summed E-state index contributed by atoms with van der Waals surface area (Å²) in [6, 6.07) is 13.7. The number of benzene rings is 2. The SMILES string of the molecule is CCCOc1ccc(/C=N\NCc2ccccc2OC)cc1OCC. The highest BCUT2D eigenvalue weighted by atomic mass is 16.5. The molecule has 0 aliphatic rings. The Morgan fingerprint density at radius 3 is 2.60 bits per heavy atom. The molecule has 0 bridgehead atoms. The van der Waals surface area contributed by atoms with Crippen LogP contribution >= 0.6 is 0 Å². The average Bonchev–Trinajstić information content (AvgIpc) is 2.65. The third kappa shape index (κ3) is 5.71. The molecular weight excluding hydrogens is 316 g/mol. The van der Waals surface area contributed by atoms with Crippen molar-refractivity contribution in [1.29, 1.82) is 0 Å². The molecule has 0 radical (unpaired) electrons. The second kappa shape index (κ2) is 10.2. The molecule has 0 unspecified atom stereocenters. The Morgan fingerprint density at radius 1 is 1.00 bits per heavy atom. The van der Waals surface area contributed by atoms with E-state index in [4.69, 9.17) is 14.2 Å². The van der Waals surface area contributed by atoms with Crippen LogP contribution in [0.1, 0.15) is 31.4 Å². The van der Waals surface area contributed by atoms with Crippen molar-refractivity contribution >= 4 is 6.21 Å². The van der Waals surface area contributed by atoms with Gasteiger partial charge in [-0.3, -0.25) is 0 Å². The van der Waals surface area contributed by atoms with E-state index in [0.717, 1.165) is 34.8 Å². The fourth-order valence-corrected chi connectivity index (χ4v) is 2.30. The first-order valence-corrected chi connectivity index (χ1v) is 8.56. The highest BCUT2D eigenvalue weighted by molar-refractivity contribution is 5.80. The van der Waals surface area contributed by atoms with Crippen LogP contribution in [0.3, 0.4) is 0 Å². The highest BCUT2D eigenvalue weighted by Crippen LogP contribution is 2.28. The molecule has 2 aromatic carbocycles. The molecule has 0 aliphatic carbocycles. The van der Waals surface area contributed by atoms with Crippen LogP contribution in [-0.2, 0) is 6.54 Å². The van der Waals surface area contributed by atoms with E-state index >= 15 is 0 Å². The Kier molecular flexibility index (Phi) is 7.63. The fourth-order valence-electron chi connectivity index (χ4n) is 2.30. The fraction of sp³-hybridized carbons (Fsp3) is 0.350. The molecule has 0 atom stereocenters. The minimum absolute atomic E-state index is 0.592. The number of hydrogen-bond donors (Lipinski definition) is 1. The minimum atomic E-state index is 0.592. The first kappa shape index (κ1) is 18.6. The van der Waals surface area contributed by atoms with Crippen LogP contribution in [0.15, 0.2) is 47.6 Å². The molecule has 0 saturated heterocycles.